The molecule has 36 valence electrons. The van der Waals surface area contributed by atoms with Crippen LogP contribution in [0.5, 0.6) is 0 Å². The van der Waals surface area contributed by atoms with E-state index in [9.17, 15) is 0 Å². The topological polar surface area (TPSA) is 0 Å². The molecule has 0 aliphatic rings. The van der Waals surface area contributed by atoms with Crippen molar-refractivity contribution >= 4 is 11.0 Å². The maximum atomic E-state index is 0. The van der Waals surface area contributed by atoms with Crippen molar-refractivity contribution in [3.63, 3.8) is 0 Å². The van der Waals surface area contributed by atoms with Crippen molar-refractivity contribution in [3.05, 3.63) is 0 Å². The molecule has 5 heavy (non-hydrogen) atoms. The van der Waals surface area contributed by atoms with E-state index in [1.807, 2.05) is 0 Å². The fourth-order valence-electron chi connectivity index (χ4n) is 0. The first-order chi connectivity index (χ1) is 0. The van der Waals surface area contributed by atoms with Crippen molar-refractivity contribution < 1.29 is 108 Å². The fraction of sp³-hybridized carbons (Fsp3) is 0. The molecule has 0 saturated carbocycles. The second-order valence-corrected chi connectivity index (χ2v) is 0. The van der Waals surface area contributed by atoms with Crippen LogP contribution in [0.15, 0.2) is 0 Å². The molecular weight excluding hydrogens is 379 g/mol. The molecule has 0 rings (SSSR count). The minimum atomic E-state index is 0. The Morgan fingerprint density at radius 2 is 1.00 bits per heavy atom. The Labute approximate surface area is 116 Å². The molecule has 0 aromatic carbocycles. The van der Waals surface area contributed by atoms with E-state index in [1.54, 1.807) is 0 Å². The number of hydrogen-bond donors (Lipinski definition) is 0. The zero-order chi connectivity index (χ0) is 0. The van der Waals surface area contributed by atoms with E-state index in [2.05, 4.69) is 0 Å². The summed E-state index contributed by atoms with van der Waals surface area (Å²) in [6.07, 6.45) is 0. The molecule has 0 amide bonds. The van der Waals surface area contributed by atoms with Crippen LogP contribution >= 0.6 is 0 Å². The molecule has 2 radical (unpaired) electrons. The van der Waals surface area contributed by atoms with Gasteiger partial charge in [0, 0.05) is 108 Å². The summed E-state index contributed by atoms with van der Waals surface area (Å²) in [4.78, 5) is 0. The Bertz CT molecular complexity index is 11.6. The summed E-state index contributed by atoms with van der Waals surface area (Å²) < 4.78 is 0. The first-order valence-electron chi connectivity index (χ1n) is 0. The minimum Gasteiger partial charge on any atom is -0.0149 e. The Morgan fingerprint density at radius 3 is 1.00 bits per heavy atom. The largest absolute Gasteiger partial charge is 0.0149 e. The van der Waals surface area contributed by atoms with Crippen LogP contribution in [0.2, 0.25) is 0 Å². The van der Waals surface area contributed by atoms with E-state index in [1.165, 1.54) is 0 Å². The maximum Gasteiger partial charge on any atom is 0 e. The Balaban J connectivity index is 0. The van der Waals surface area contributed by atoms with Crippen molar-refractivity contribution in [2.24, 2.45) is 0 Å². The van der Waals surface area contributed by atoms with Crippen LogP contribution in [-0.2, 0) is 66.3 Å². The monoisotopic (exact) mass is 382 g/mol. The molecule has 0 saturated heterocycles. The summed E-state index contributed by atoms with van der Waals surface area (Å²) in [5.74, 6) is 0. The summed E-state index contributed by atoms with van der Waals surface area (Å²) in [5.41, 5.74) is 0. The molecule has 0 fully saturated rings. The van der Waals surface area contributed by atoms with E-state index in [0.29, 0.717) is 0 Å². The number of rotatable bonds is 0. The van der Waals surface area contributed by atoms with Crippen LogP contribution in [0.3, 0.4) is 0 Å². The van der Waals surface area contributed by atoms with Crippen LogP contribution in [0.1, 0.15) is 0 Å². The minimum absolute atomic E-state index is 0. The van der Waals surface area contributed by atoms with Crippen molar-refractivity contribution in [1.29, 1.82) is 0 Å². The van der Waals surface area contributed by atoms with Crippen molar-refractivity contribution in [2.75, 3.05) is 0 Å². The zero-order valence-corrected chi connectivity index (χ0v) is 9.60. The van der Waals surface area contributed by atoms with Gasteiger partial charge in [-0.05, 0) is 11.0 Å². The van der Waals surface area contributed by atoms with Gasteiger partial charge in [0.15, 0.2) is 0 Å². The smallest absolute Gasteiger partial charge is 0 e. The van der Waals surface area contributed by atoms with Crippen LogP contribution in [0, 0.1) is 41.7 Å². The Morgan fingerprint density at radius 1 is 1.00 bits per heavy atom. The second kappa shape index (κ2) is 25.2. The van der Waals surface area contributed by atoms with Crippen molar-refractivity contribution in [3.8, 4) is 0 Å². The van der Waals surface area contributed by atoms with E-state index >= 15 is 0 Å². The van der Waals surface area contributed by atoms with Gasteiger partial charge in [-0.15, -0.1) is 0 Å². The molecule has 0 aliphatic heterocycles. The first-order valence-corrected chi connectivity index (χ1v) is 0. The third-order valence-electron chi connectivity index (χ3n) is 0. The quantitative estimate of drug-likeness (QED) is 0.449. The molecule has 0 N–H and O–H groups in total. The predicted octanol–water partition coefficient (Wildman–Crippen LogP) is -1.46. The average Bonchev–Trinajstić information content (AvgIpc) is 0. The second-order valence-electron chi connectivity index (χ2n) is 0. The molecule has 0 heterocycles. The standard InChI is InChI=1S/Ce.Cu.Ni.H4Si.Y/h;;;1H4;. The average molecular weight is 383 g/mol. The summed E-state index contributed by atoms with van der Waals surface area (Å²) in [6.45, 7) is 0. The van der Waals surface area contributed by atoms with Gasteiger partial charge >= 0.3 is 0 Å². The van der Waals surface area contributed by atoms with Gasteiger partial charge in [0.05, 0.1) is 0 Å². The molecule has 0 nitrogen and oxygen atoms in total. The van der Waals surface area contributed by atoms with Gasteiger partial charge in [0.2, 0.25) is 0 Å². The molecule has 5 heteroatoms. The van der Waals surface area contributed by atoms with Gasteiger partial charge in [-0.2, -0.15) is 0 Å². The molecule has 0 aliphatic carbocycles. The van der Waals surface area contributed by atoms with Crippen molar-refractivity contribution in [1.82, 2.24) is 0 Å². The summed E-state index contributed by atoms with van der Waals surface area (Å²) >= 11 is 0. The summed E-state index contributed by atoms with van der Waals surface area (Å²) in [5, 5.41) is 0. The van der Waals surface area contributed by atoms with Gasteiger partial charge in [-0.1, -0.05) is 0 Å². The molecule has 0 atom stereocenters. The number of hydrogen-bond acceptors (Lipinski definition) is 0. The van der Waals surface area contributed by atoms with Gasteiger partial charge in [0.25, 0.3) is 0 Å². The maximum absolute atomic E-state index is 0. The summed E-state index contributed by atoms with van der Waals surface area (Å²) in [7, 11) is 0. The predicted molar refractivity (Wildman–Crippen MR) is 11.3 cm³/mol. The van der Waals surface area contributed by atoms with Crippen LogP contribution in [0.25, 0.3) is 0 Å². The van der Waals surface area contributed by atoms with Crippen LogP contribution in [-0.4, -0.2) is 11.0 Å². The Hall–Kier alpha value is 3.71. The first kappa shape index (κ1) is 37.6. The third-order valence-corrected chi connectivity index (χ3v) is 0. The zero-order valence-electron chi connectivity index (χ0n) is 1.70. The molecule has 0 aromatic heterocycles. The molecule has 0 aromatic rings. The van der Waals surface area contributed by atoms with Crippen molar-refractivity contribution in [2.45, 2.75) is 0 Å². The SMILES string of the molecule is [Ce].[Cu].[Ni].[SiH4].[Y]. The van der Waals surface area contributed by atoms with E-state index < -0.39 is 0 Å². The summed E-state index contributed by atoms with van der Waals surface area (Å²) in [6, 6.07) is 0. The third kappa shape index (κ3) is 18.3. The fourth-order valence-corrected chi connectivity index (χ4v) is 0. The molecular formula is H4CeCuNiSiY. The van der Waals surface area contributed by atoms with Gasteiger partial charge < -0.3 is 0 Å². The van der Waals surface area contributed by atoms with Crippen LogP contribution < -0.4 is 0 Å². The molecule has 0 unspecified atom stereocenters. The molecule has 0 bridgehead atoms. The van der Waals surface area contributed by atoms with E-state index in [-0.39, 0.29) is 119 Å². The normalized spacial score (nSPS) is 0. The van der Waals surface area contributed by atoms with Gasteiger partial charge in [0.1, 0.15) is 0 Å². The van der Waals surface area contributed by atoms with E-state index in [4.69, 9.17) is 0 Å². The van der Waals surface area contributed by atoms with E-state index in [0.717, 1.165) is 0 Å². The Kier molecular flexibility index (Phi) is 190. The van der Waals surface area contributed by atoms with Crippen LogP contribution in [0.4, 0.5) is 0 Å². The molecule has 0 spiro atoms. The van der Waals surface area contributed by atoms with Gasteiger partial charge in [-0.3, -0.25) is 0 Å². The van der Waals surface area contributed by atoms with Gasteiger partial charge in [-0.25, -0.2) is 0 Å².